The number of aliphatic hydroxyl groups is 2. The number of rotatable bonds is 4. The summed E-state index contributed by atoms with van der Waals surface area (Å²) in [6.07, 6.45) is 0.447. The topological polar surface area (TPSA) is 108 Å². The second-order valence-corrected chi connectivity index (χ2v) is 5.23. The van der Waals surface area contributed by atoms with E-state index in [0.717, 1.165) is 11.8 Å². The van der Waals surface area contributed by atoms with Gasteiger partial charge in [-0.15, -0.1) is 0 Å². The van der Waals surface area contributed by atoms with E-state index in [1.807, 2.05) is 0 Å². The number of carbonyl (C=O) groups excluding carboxylic acids is 1. The molecular formula is C11H13N3O4S. The molecule has 8 heteroatoms. The van der Waals surface area contributed by atoms with Gasteiger partial charge in [0.2, 0.25) is 0 Å². The third-order valence-corrected chi connectivity index (χ3v) is 3.51. The number of carbonyl (C=O) groups is 1. The lowest BCUT2D eigenvalue weighted by Crippen LogP contribution is -2.21. The number of fused-ring (bicyclic) bond motifs is 1. The van der Waals surface area contributed by atoms with Gasteiger partial charge in [-0.2, -0.15) is 5.10 Å². The third-order valence-electron chi connectivity index (χ3n) is 2.60. The van der Waals surface area contributed by atoms with Crippen molar-refractivity contribution in [3.8, 4) is 0 Å². The van der Waals surface area contributed by atoms with E-state index in [1.54, 1.807) is 0 Å². The maximum absolute atomic E-state index is 11.5. The molecule has 0 fully saturated rings. The SMILES string of the molecule is CC(=O)SCC(O)C(O)c1cc2c(=O)[nH]cnn2c1. The van der Waals surface area contributed by atoms with Crippen molar-refractivity contribution in [2.45, 2.75) is 19.1 Å². The van der Waals surface area contributed by atoms with Gasteiger partial charge in [-0.05, 0) is 6.07 Å². The molecule has 0 aromatic carbocycles. The number of nitrogens with one attached hydrogen (secondary N) is 1. The Hall–Kier alpha value is -1.64. The number of hydrogen-bond donors (Lipinski definition) is 3. The Labute approximate surface area is 112 Å². The van der Waals surface area contributed by atoms with Gasteiger partial charge in [-0.25, -0.2) is 4.52 Å². The van der Waals surface area contributed by atoms with Crippen molar-refractivity contribution >= 4 is 22.4 Å². The first-order valence-electron chi connectivity index (χ1n) is 5.54. The summed E-state index contributed by atoms with van der Waals surface area (Å²) in [7, 11) is 0. The molecule has 0 spiro atoms. The Balaban J connectivity index is 2.21. The second kappa shape index (κ2) is 5.55. The summed E-state index contributed by atoms with van der Waals surface area (Å²) in [6, 6.07) is 1.46. The van der Waals surface area contributed by atoms with Crippen LogP contribution in [-0.4, -0.2) is 41.8 Å². The van der Waals surface area contributed by atoms with Crippen molar-refractivity contribution in [3.05, 3.63) is 34.5 Å². The average molecular weight is 283 g/mol. The van der Waals surface area contributed by atoms with Crippen LogP contribution in [-0.2, 0) is 4.79 Å². The van der Waals surface area contributed by atoms with E-state index in [1.165, 1.54) is 30.0 Å². The molecular weight excluding hydrogens is 270 g/mol. The number of aromatic amines is 1. The van der Waals surface area contributed by atoms with Crippen molar-refractivity contribution < 1.29 is 15.0 Å². The molecule has 102 valence electrons. The van der Waals surface area contributed by atoms with Crippen molar-refractivity contribution in [1.29, 1.82) is 0 Å². The van der Waals surface area contributed by atoms with Gasteiger partial charge in [0, 0.05) is 24.4 Å². The summed E-state index contributed by atoms with van der Waals surface area (Å²) in [6.45, 7) is 1.39. The van der Waals surface area contributed by atoms with Crippen LogP contribution in [0.2, 0.25) is 0 Å². The minimum absolute atomic E-state index is 0.0898. The van der Waals surface area contributed by atoms with Crippen LogP contribution in [0.3, 0.4) is 0 Å². The lowest BCUT2D eigenvalue weighted by molar-refractivity contribution is -0.109. The molecule has 2 aromatic heterocycles. The van der Waals surface area contributed by atoms with Crippen LogP contribution < -0.4 is 5.56 Å². The maximum Gasteiger partial charge on any atom is 0.275 e. The normalized spacial score (nSPS) is 14.5. The highest BCUT2D eigenvalue weighted by Crippen LogP contribution is 2.21. The molecule has 0 saturated carbocycles. The second-order valence-electron chi connectivity index (χ2n) is 4.04. The Morgan fingerprint density at radius 1 is 1.58 bits per heavy atom. The Morgan fingerprint density at radius 3 is 2.95 bits per heavy atom. The molecule has 0 aliphatic carbocycles. The molecule has 3 N–H and O–H groups in total. The largest absolute Gasteiger partial charge is 0.389 e. The molecule has 0 bridgehead atoms. The third kappa shape index (κ3) is 3.03. The molecule has 0 saturated heterocycles. The van der Waals surface area contributed by atoms with E-state index in [4.69, 9.17) is 0 Å². The monoisotopic (exact) mass is 283 g/mol. The van der Waals surface area contributed by atoms with Crippen LogP contribution >= 0.6 is 11.8 Å². The van der Waals surface area contributed by atoms with Crippen molar-refractivity contribution in [3.63, 3.8) is 0 Å². The number of nitrogens with zero attached hydrogens (tertiary/aromatic N) is 2. The van der Waals surface area contributed by atoms with Gasteiger partial charge in [-0.3, -0.25) is 9.59 Å². The van der Waals surface area contributed by atoms with Crippen molar-refractivity contribution in [2.24, 2.45) is 0 Å². The van der Waals surface area contributed by atoms with Gasteiger partial charge >= 0.3 is 0 Å². The van der Waals surface area contributed by atoms with Gasteiger partial charge in [0.1, 0.15) is 17.9 Å². The molecule has 0 aliphatic heterocycles. The predicted octanol–water partition coefficient (Wildman–Crippen LogP) is -0.303. The fraction of sp³-hybridized carbons (Fsp3) is 0.364. The molecule has 2 unspecified atom stereocenters. The fourth-order valence-corrected chi connectivity index (χ4v) is 2.23. The first-order chi connectivity index (χ1) is 8.99. The number of thioether (sulfide) groups is 1. The van der Waals surface area contributed by atoms with E-state index in [9.17, 15) is 19.8 Å². The first-order valence-corrected chi connectivity index (χ1v) is 6.53. The number of hydrogen-bond acceptors (Lipinski definition) is 6. The van der Waals surface area contributed by atoms with Gasteiger partial charge in [0.25, 0.3) is 5.56 Å². The van der Waals surface area contributed by atoms with Crippen LogP contribution in [0.25, 0.3) is 5.52 Å². The Bertz CT molecular complexity index is 651. The smallest absolute Gasteiger partial charge is 0.275 e. The molecule has 2 rings (SSSR count). The van der Waals surface area contributed by atoms with Crippen LogP contribution in [0, 0.1) is 0 Å². The lowest BCUT2D eigenvalue weighted by Gasteiger charge is -2.15. The van der Waals surface area contributed by atoms with Crippen LogP contribution in [0.15, 0.2) is 23.4 Å². The van der Waals surface area contributed by atoms with E-state index in [2.05, 4.69) is 10.1 Å². The highest BCUT2D eigenvalue weighted by atomic mass is 32.2. The van der Waals surface area contributed by atoms with Crippen LogP contribution in [0.4, 0.5) is 0 Å². The lowest BCUT2D eigenvalue weighted by atomic mass is 10.1. The number of aromatic nitrogens is 3. The summed E-state index contributed by atoms with van der Waals surface area (Å²) < 4.78 is 1.32. The summed E-state index contributed by atoms with van der Waals surface area (Å²) in [4.78, 5) is 24.7. The Morgan fingerprint density at radius 2 is 2.32 bits per heavy atom. The zero-order valence-corrected chi connectivity index (χ0v) is 10.9. The zero-order chi connectivity index (χ0) is 14.0. The minimum Gasteiger partial charge on any atom is -0.389 e. The molecule has 2 aromatic rings. The maximum atomic E-state index is 11.5. The molecule has 7 nitrogen and oxygen atoms in total. The summed E-state index contributed by atoms with van der Waals surface area (Å²) in [5, 5.41) is 23.5. The summed E-state index contributed by atoms with van der Waals surface area (Å²) in [5.74, 6) is 0.0898. The number of H-pyrrole nitrogens is 1. The zero-order valence-electron chi connectivity index (χ0n) is 10.1. The standard InChI is InChI=1S/C11H13N3O4S/c1-6(15)19-4-9(16)10(17)7-2-8-11(18)12-5-13-14(8)3-7/h2-3,5,9-10,16-17H,4H2,1H3,(H,12,13,18). The molecule has 19 heavy (non-hydrogen) atoms. The molecule has 0 aliphatic rings. The fourth-order valence-electron chi connectivity index (χ4n) is 1.64. The van der Waals surface area contributed by atoms with Gasteiger partial charge in [0.15, 0.2) is 5.12 Å². The molecule has 0 radical (unpaired) electrons. The van der Waals surface area contributed by atoms with Crippen LogP contribution in [0.1, 0.15) is 18.6 Å². The average Bonchev–Trinajstić information content (AvgIpc) is 2.80. The highest BCUT2D eigenvalue weighted by Gasteiger charge is 2.21. The van der Waals surface area contributed by atoms with E-state index < -0.39 is 12.2 Å². The van der Waals surface area contributed by atoms with Crippen LogP contribution in [0.5, 0.6) is 0 Å². The van der Waals surface area contributed by atoms with E-state index >= 15 is 0 Å². The van der Waals surface area contributed by atoms with Crippen molar-refractivity contribution in [2.75, 3.05) is 5.75 Å². The summed E-state index contributed by atoms with van der Waals surface area (Å²) in [5.41, 5.74) is 0.324. The predicted molar refractivity (Wildman–Crippen MR) is 69.9 cm³/mol. The summed E-state index contributed by atoms with van der Waals surface area (Å²) >= 11 is 0.933. The highest BCUT2D eigenvalue weighted by molar-refractivity contribution is 8.13. The van der Waals surface area contributed by atoms with E-state index in [0.29, 0.717) is 5.56 Å². The van der Waals surface area contributed by atoms with E-state index in [-0.39, 0.29) is 21.9 Å². The molecule has 0 amide bonds. The minimum atomic E-state index is -1.17. The van der Waals surface area contributed by atoms with Crippen molar-refractivity contribution in [1.82, 2.24) is 14.6 Å². The van der Waals surface area contributed by atoms with Gasteiger partial charge < -0.3 is 15.2 Å². The Kier molecular flexibility index (Phi) is 4.03. The molecule has 2 heterocycles. The quantitative estimate of drug-likeness (QED) is 0.711. The van der Waals surface area contributed by atoms with Gasteiger partial charge in [0.05, 0.1) is 6.10 Å². The first kappa shape index (κ1) is 13.8. The number of aliphatic hydroxyl groups excluding tert-OH is 2. The van der Waals surface area contributed by atoms with Gasteiger partial charge in [-0.1, -0.05) is 11.8 Å². The molecule has 2 atom stereocenters.